The molecule has 18 heteroatoms. The molecule has 0 saturated carbocycles. The molecular formula is C26H26F6N4O7S. The Morgan fingerprint density at radius 3 is 2.27 bits per heavy atom. The van der Waals surface area contributed by atoms with Crippen LogP contribution in [0.2, 0.25) is 0 Å². The van der Waals surface area contributed by atoms with Gasteiger partial charge in [-0.1, -0.05) is 0 Å². The van der Waals surface area contributed by atoms with Crippen molar-refractivity contribution >= 4 is 44.2 Å². The van der Waals surface area contributed by atoms with Crippen LogP contribution in [0, 0.1) is 0 Å². The van der Waals surface area contributed by atoms with Gasteiger partial charge in [0.2, 0.25) is 10.0 Å². The molecule has 0 aliphatic rings. The molecule has 0 spiro atoms. The third-order valence-corrected chi connectivity index (χ3v) is 6.73. The van der Waals surface area contributed by atoms with Crippen LogP contribution in [0.4, 0.5) is 37.8 Å². The molecule has 1 atom stereocenters. The predicted octanol–water partition coefficient (Wildman–Crippen LogP) is 4.38. The highest BCUT2D eigenvalue weighted by molar-refractivity contribution is 7.90. The number of rotatable bonds is 11. The van der Waals surface area contributed by atoms with Crippen LogP contribution in [0.25, 0.3) is 10.8 Å². The molecule has 1 heterocycles. The first-order chi connectivity index (χ1) is 20.3. The van der Waals surface area contributed by atoms with Crippen molar-refractivity contribution in [2.75, 3.05) is 23.4 Å². The van der Waals surface area contributed by atoms with E-state index in [2.05, 4.69) is 15.0 Å². The van der Waals surface area contributed by atoms with Crippen molar-refractivity contribution in [3.8, 4) is 11.5 Å². The first kappa shape index (κ1) is 34.0. The zero-order valence-corrected chi connectivity index (χ0v) is 24.0. The Labute approximate surface area is 246 Å². The summed E-state index contributed by atoms with van der Waals surface area (Å²) in [5.74, 6) is -7.78. The lowest BCUT2D eigenvalue weighted by molar-refractivity contribution is -0.213. The number of halogens is 6. The number of sulfonamides is 1. The number of hydrogen-bond donors (Lipinski definition) is 3. The second-order valence-corrected chi connectivity index (χ2v) is 11.1. The summed E-state index contributed by atoms with van der Waals surface area (Å²) < 4.78 is 121. The molecule has 0 fully saturated rings. The molecule has 1 aromatic heterocycles. The van der Waals surface area contributed by atoms with Gasteiger partial charge in [-0.05, 0) is 68.6 Å². The molecule has 3 aromatic rings. The zero-order chi connectivity index (χ0) is 33.1. The van der Waals surface area contributed by atoms with Gasteiger partial charge in [0.15, 0.2) is 17.3 Å². The number of hydrogen-bond acceptors (Lipinski definition) is 10. The average molecular weight is 653 g/mol. The molecule has 2 aromatic carbocycles. The highest BCUT2D eigenvalue weighted by Gasteiger charge is 2.53. The van der Waals surface area contributed by atoms with Gasteiger partial charge < -0.3 is 25.3 Å². The summed E-state index contributed by atoms with van der Waals surface area (Å²) in [6.45, 7) is 4.78. The average Bonchev–Trinajstić information content (AvgIpc) is 2.86. The standard InChI is InChI=1S/C26H26F6N4O7S/c1-4-41-20-12-16(5-8-19(20)42-14(2)3)25(43-23(38)26(30,31)32,22(37)36-44(39,40)13-24(27,28)29)35-17-6-7-18-15(11-17)9-10-34-21(18)33/h5-12,14,35H,4,13H2,1-3H3,(H2,33,34)(H,36,37). The monoisotopic (exact) mass is 652 g/mol. The normalized spacial score (nSPS) is 13.7. The van der Waals surface area contributed by atoms with Crippen molar-refractivity contribution < 1.29 is 58.6 Å². The topological polar surface area (TPSA) is 159 Å². The summed E-state index contributed by atoms with van der Waals surface area (Å²) in [6, 6.07) is 8.16. The molecule has 11 nitrogen and oxygen atoms in total. The van der Waals surface area contributed by atoms with Crippen LogP contribution >= 0.6 is 0 Å². The van der Waals surface area contributed by atoms with Gasteiger partial charge in [-0.2, -0.15) is 26.3 Å². The van der Waals surface area contributed by atoms with Crippen molar-refractivity contribution in [3.05, 3.63) is 54.2 Å². The number of anilines is 2. The third kappa shape index (κ3) is 8.33. The Bertz CT molecular complexity index is 1650. The minimum atomic E-state index is -5.75. The van der Waals surface area contributed by atoms with Gasteiger partial charge in [-0.3, -0.25) is 4.79 Å². The Morgan fingerprint density at radius 2 is 1.68 bits per heavy atom. The summed E-state index contributed by atoms with van der Waals surface area (Å²) in [6.07, 6.45) is -10.3. The number of esters is 1. The lowest BCUT2D eigenvalue weighted by Crippen LogP contribution is -2.56. The fraction of sp³-hybridized carbons (Fsp3) is 0.346. The number of alkyl halides is 6. The molecule has 0 radical (unpaired) electrons. The SMILES string of the molecule is CCOc1cc(C(Nc2ccc3c(N)nccc3c2)(OC(=O)C(F)(F)F)C(=O)NS(=O)(=O)CC(F)(F)F)ccc1OC(C)C. The molecule has 240 valence electrons. The van der Waals surface area contributed by atoms with Crippen LogP contribution in [0.15, 0.2) is 48.7 Å². The number of aromatic nitrogens is 1. The van der Waals surface area contributed by atoms with Crippen LogP contribution in [-0.4, -0.2) is 56.1 Å². The number of nitrogens with two attached hydrogens (primary N) is 1. The molecule has 0 aliphatic carbocycles. The number of benzene rings is 2. The van der Waals surface area contributed by atoms with Crippen LogP contribution in [0.1, 0.15) is 26.3 Å². The molecule has 44 heavy (non-hydrogen) atoms. The van der Waals surface area contributed by atoms with Gasteiger partial charge in [-0.25, -0.2) is 22.9 Å². The fourth-order valence-corrected chi connectivity index (χ4v) is 4.81. The lowest BCUT2D eigenvalue weighted by atomic mass is 9.99. The van der Waals surface area contributed by atoms with Crippen LogP contribution in [0.5, 0.6) is 11.5 Å². The van der Waals surface area contributed by atoms with E-state index in [1.54, 1.807) is 13.8 Å². The summed E-state index contributed by atoms with van der Waals surface area (Å²) >= 11 is 0. The van der Waals surface area contributed by atoms with Gasteiger partial charge >= 0.3 is 24.2 Å². The molecule has 4 N–H and O–H groups in total. The number of carbonyl (C=O) groups is 2. The third-order valence-electron chi connectivity index (χ3n) is 5.53. The predicted molar refractivity (Wildman–Crippen MR) is 145 cm³/mol. The number of amides is 1. The van der Waals surface area contributed by atoms with E-state index in [1.807, 2.05) is 0 Å². The molecule has 0 aliphatic heterocycles. The van der Waals surface area contributed by atoms with E-state index in [-0.39, 0.29) is 29.6 Å². The zero-order valence-electron chi connectivity index (χ0n) is 23.2. The summed E-state index contributed by atoms with van der Waals surface area (Å²) in [4.78, 5) is 29.8. The smallest absolute Gasteiger partial charge is 0.490 e. The van der Waals surface area contributed by atoms with E-state index in [4.69, 9.17) is 15.2 Å². The van der Waals surface area contributed by atoms with E-state index >= 15 is 0 Å². The second-order valence-electron chi connectivity index (χ2n) is 9.39. The van der Waals surface area contributed by atoms with Gasteiger partial charge in [0.25, 0.3) is 5.72 Å². The minimum absolute atomic E-state index is 0.0282. The van der Waals surface area contributed by atoms with Gasteiger partial charge in [-0.15, -0.1) is 0 Å². The Morgan fingerprint density at radius 1 is 1.00 bits per heavy atom. The maximum atomic E-state index is 13.6. The lowest BCUT2D eigenvalue weighted by Gasteiger charge is -2.34. The van der Waals surface area contributed by atoms with Crippen LogP contribution in [-0.2, 0) is 30.1 Å². The van der Waals surface area contributed by atoms with Crippen molar-refractivity contribution in [1.29, 1.82) is 0 Å². The van der Waals surface area contributed by atoms with E-state index in [0.717, 1.165) is 22.9 Å². The maximum absolute atomic E-state index is 13.6. The van der Waals surface area contributed by atoms with Crippen LogP contribution in [0.3, 0.4) is 0 Å². The molecular weight excluding hydrogens is 626 g/mol. The number of ether oxygens (including phenoxy) is 3. The first-order valence-electron chi connectivity index (χ1n) is 12.5. The van der Waals surface area contributed by atoms with Crippen molar-refractivity contribution in [2.24, 2.45) is 0 Å². The Balaban J connectivity index is 2.32. The Kier molecular flexibility index (Phi) is 9.77. The van der Waals surface area contributed by atoms with Crippen LogP contribution < -0.4 is 25.2 Å². The van der Waals surface area contributed by atoms with E-state index in [1.165, 1.54) is 37.4 Å². The summed E-state index contributed by atoms with van der Waals surface area (Å²) in [5.41, 5.74) is 1.44. The summed E-state index contributed by atoms with van der Waals surface area (Å²) in [5, 5.41) is 2.96. The second kappa shape index (κ2) is 12.6. The number of pyridine rings is 1. The molecule has 1 amide bonds. The molecule has 1 unspecified atom stereocenters. The number of fused-ring (bicyclic) bond motifs is 1. The van der Waals surface area contributed by atoms with Gasteiger partial charge in [0, 0.05) is 22.8 Å². The van der Waals surface area contributed by atoms with E-state index < -0.39 is 57.4 Å². The van der Waals surface area contributed by atoms with Crippen molar-refractivity contribution in [3.63, 3.8) is 0 Å². The van der Waals surface area contributed by atoms with Crippen molar-refractivity contribution in [2.45, 2.75) is 45.0 Å². The molecule has 0 bridgehead atoms. The highest BCUT2D eigenvalue weighted by atomic mass is 32.2. The largest absolute Gasteiger partial charge is 0.491 e. The molecule has 0 saturated heterocycles. The van der Waals surface area contributed by atoms with E-state index in [9.17, 15) is 44.3 Å². The van der Waals surface area contributed by atoms with Crippen molar-refractivity contribution in [1.82, 2.24) is 9.71 Å². The number of nitrogen functional groups attached to an aromatic ring is 1. The number of carbonyl (C=O) groups excluding carboxylic acids is 2. The fourth-order valence-electron chi connectivity index (χ4n) is 3.88. The van der Waals surface area contributed by atoms with E-state index in [0.29, 0.717) is 10.8 Å². The quantitative estimate of drug-likeness (QED) is 0.154. The van der Waals surface area contributed by atoms with Gasteiger partial charge in [0.05, 0.1) is 12.7 Å². The highest BCUT2D eigenvalue weighted by Crippen LogP contribution is 2.38. The summed E-state index contributed by atoms with van der Waals surface area (Å²) in [7, 11) is -5.60. The maximum Gasteiger partial charge on any atom is 0.491 e. The molecule has 3 rings (SSSR count). The van der Waals surface area contributed by atoms with Gasteiger partial charge in [0.1, 0.15) is 5.82 Å². The Hall–Kier alpha value is -4.48. The number of nitrogens with one attached hydrogen (secondary N) is 2. The number of nitrogens with zero attached hydrogens (tertiary/aromatic N) is 1. The first-order valence-corrected chi connectivity index (χ1v) is 14.2. The minimum Gasteiger partial charge on any atom is -0.490 e.